The summed E-state index contributed by atoms with van der Waals surface area (Å²) in [7, 11) is 1.73. The maximum atomic E-state index is 11.9. The molecule has 0 radical (unpaired) electrons. The van der Waals surface area contributed by atoms with E-state index in [1.165, 1.54) is 11.3 Å². The van der Waals surface area contributed by atoms with Crippen molar-refractivity contribution < 1.29 is 4.79 Å². The number of hydrogen-bond donors (Lipinski definition) is 3. The molecule has 0 unspecified atom stereocenters. The van der Waals surface area contributed by atoms with Crippen LogP contribution in [0.15, 0.2) is 24.4 Å². The van der Waals surface area contributed by atoms with Crippen molar-refractivity contribution in [3.05, 3.63) is 35.0 Å². The van der Waals surface area contributed by atoms with Gasteiger partial charge in [0, 0.05) is 13.2 Å². The van der Waals surface area contributed by atoms with Gasteiger partial charge in [0.2, 0.25) is 0 Å². The first-order chi connectivity index (χ1) is 8.70. The van der Waals surface area contributed by atoms with Crippen LogP contribution in [0.5, 0.6) is 0 Å². The Labute approximate surface area is 108 Å². The van der Waals surface area contributed by atoms with Crippen LogP contribution in [0.4, 0.5) is 10.9 Å². The lowest BCUT2D eigenvalue weighted by Crippen LogP contribution is -2.23. The van der Waals surface area contributed by atoms with Gasteiger partial charge in [0.05, 0.1) is 12.2 Å². The Morgan fingerprint density at radius 3 is 2.94 bits per heavy atom. The predicted octanol–water partition coefficient (Wildman–Crippen LogP) is 1.09. The Morgan fingerprint density at radius 1 is 1.50 bits per heavy atom. The number of amides is 1. The minimum atomic E-state index is -0.239. The third-order valence-electron chi connectivity index (χ3n) is 2.23. The summed E-state index contributed by atoms with van der Waals surface area (Å²) in [5, 5.41) is 6.23. The fourth-order valence-electron chi connectivity index (χ4n) is 1.36. The van der Waals surface area contributed by atoms with Crippen molar-refractivity contribution in [3.8, 4) is 0 Å². The Bertz CT molecular complexity index is 540. The smallest absolute Gasteiger partial charge is 0.265 e. The van der Waals surface area contributed by atoms with E-state index in [1.54, 1.807) is 13.2 Å². The number of nitrogens with zero attached hydrogens (tertiary/aromatic N) is 2. The zero-order chi connectivity index (χ0) is 13.0. The lowest BCUT2D eigenvalue weighted by molar-refractivity contribution is 0.0955. The largest absolute Gasteiger partial charge is 0.382 e. The molecule has 2 heterocycles. The molecule has 18 heavy (non-hydrogen) atoms. The molecule has 0 aliphatic heterocycles. The van der Waals surface area contributed by atoms with Gasteiger partial charge in [0.1, 0.15) is 10.7 Å². The van der Waals surface area contributed by atoms with E-state index in [9.17, 15) is 4.79 Å². The lowest BCUT2D eigenvalue weighted by atomic mass is 10.3. The van der Waals surface area contributed by atoms with E-state index in [0.717, 1.165) is 5.69 Å². The van der Waals surface area contributed by atoms with Crippen molar-refractivity contribution in [2.75, 3.05) is 18.1 Å². The number of anilines is 2. The van der Waals surface area contributed by atoms with Crippen LogP contribution in [0.1, 0.15) is 15.4 Å². The van der Waals surface area contributed by atoms with Gasteiger partial charge in [-0.15, -0.1) is 0 Å². The number of nitrogens with one attached hydrogen (secondary N) is 2. The highest BCUT2D eigenvalue weighted by atomic mass is 32.1. The molecule has 4 N–H and O–H groups in total. The highest BCUT2D eigenvalue weighted by Gasteiger charge is 2.15. The van der Waals surface area contributed by atoms with Crippen LogP contribution in [0.3, 0.4) is 0 Å². The summed E-state index contributed by atoms with van der Waals surface area (Å²) in [6, 6.07) is 5.54. The van der Waals surface area contributed by atoms with Crippen LogP contribution in [0, 0.1) is 0 Å². The molecule has 0 saturated heterocycles. The van der Waals surface area contributed by atoms with Crippen LogP contribution in [-0.4, -0.2) is 22.9 Å². The molecule has 0 aliphatic carbocycles. The van der Waals surface area contributed by atoms with Crippen molar-refractivity contribution in [2.45, 2.75) is 6.54 Å². The fraction of sp³-hybridized carbons (Fsp3) is 0.182. The van der Waals surface area contributed by atoms with Crippen LogP contribution < -0.4 is 16.4 Å². The van der Waals surface area contributed by atoms with Crippen LogP contribution in [0.2, 0.25) is 0 Å². The first-order valence-electron chi connectivity index (χ1n) is 5.33. The number of carbonyl (C=O) groups is 1. The molecule has 2 aromatic heterocycles. The third-order valence-corrected chi connectivity index (χ3v) is 3.32. The molecule has 1 amide bonds. The third kappa shape index (κ3) is 2.75. The topological polar surface area (TPSA) is 92.9 Å². The van der Waals surface area contributed by atoms with Gasteiger partial charge in [-0.1, -0.05) is 17.4 Å². The molecule has 2 aromatic rings. The van der Waals surface area contributed by atoms with Gasteiger partial charge in [-0.25, -0.2) is 4.98 Å². The Morgan fingerprint density at radius 2 is 2.33 bits per heavy atom. The molecule has 0 bridgehead atoms. The zero-order valence-corrected chi connectivity index (χ0v) is 10.6. The zero-order valence-electron chi connectivity index (χ0n) is 9.80. The SMILES string of the molecule is CNc1nc(N)c(C(=O)NCc2ccccn2)s1. The first-order valence-corrected chi connectivity index (χ1v) is 6.14. The second-order valence-corrected chi connectivity index (χ2v) is 4.49. The standard InChI is InChI=1S/C11H13N5OS/c1-13-11-16-9(12)8(18-11)10(17)15-6-7-4-2-3-5-14-7/h2-5H,6,12H2,1H3,(H,13,16)(H,15,17). The van der Waals surface area contributed by atoms with Crippen LogP contribution in [-0.2, 0) is 6.54 Å². The summed E-state index contributed by atoms with van der Waals surface area (Å²) in [6.45, 7) is 0.367. The monoisotopic (exact) mass is 263 g/mol. The highest BCUT2D eigenvalue weighted by molar-refractivity contribution is 7.18. The normalized spacial score (nSPS) is 10.1. The van der Waals surface area contributed by atoms with E-state index in [1.807, 2.05) is 18.2 Å². The minimum Gasteiger partial charge on any atom is -0.382 e. The number of rotatable bonds is 4. The fourth-order valence-corrected chi connectivity index (χ4v) is 2.11. The quantitative estimate of drug-likeness (QED) is 0.768. The number of hydrogen-bond acceptors (Lipinski definition) is 6. The van der Waals surface area contributed by atoms with Gasteiger partial charge < -0.3 is 16.4 Å². The summed E-state index contributed by atoms with van der Waals surface area (Å²) in [6.07, 6.45) is 1.68. The lowest BCUT2D eigenvalue weighted by Gasteiger charge is -2.02. The summed E-state index contributed by atoms with van der Waals surface area (Å²) in [5.74, 6) is 0.0000222. The van der Waals surface area contributed by atoms with Gasteiger partial charge in [-0.2, -0.15) is 0 Å². The maximum absolute atomic E-state index is 11.9. The molecule has 0 aliphatic rings. The summed E-state index contributed by atoms with van der Waals surface area (Å²) in [5.41, 5.74) is 6.46. The van der Waals surface area contributed by atoms with Gasteiger partial charge in [-0.05, 0) is 12.1 Å². The number of pyridine rings is 1. The van der Waals surface area contributed by atoms with Crippen molar-refractivity contribution in [3.63, 3.8) is 0 Å². The number of thiazole rings is 1. The number of nitrogen functional groups attached to an aromatic ring is 1. The van der Waals surface area contributed by atoms with Gasteiger partial charge in [0.15, 0.2) is 5.13 Å². The molecule has 94 valence electrons. The molecule has 0 aromatic carbocycles. The molecule has 6 nitrogen and oxygen atoms in total. The van der Waals surface area contributed by atoms with Crippen LogP contribution >= 0.6 is 11.3 Å². The van der Waals surface area contributed by atoms with E-state index in [-0.39, 0.29) is 11.7 Å². The van der Waals surface area contributed by atoms with Crippen molar-refractivity contribution in [1.29, 1.82) is 0 Å². The number of aromatic nitrogens is 2. The van der Waals surface area contributed by atoms with Gasteiger partial charge in [0.25, 0.3) is 5.91 Å². The van der Waals surface area contributed by atoms with E-state index in [0.29, 0.717) is 16.6 Å². The highest BCUT2D eigenvalue weighted by Crippen LogP contribution is 2.24. The summed E-state index contributed by atoms with van der Waals surface area (Å²) in [4.78, 5) is 20.4. The Kier molecular flexibility index (Phi) is 3.73. The summed E-state index contributed by atoms with van der Waals surface area (Å²) < 4.78 is 0. The molecule has 0 saturated carbocycles. The minimum absolute atomic E-state index is 0.239. The van der Waals surface area contributed by atoms with E-state index in [2.05, 4.69) is 20.6 Å². The Hall–Kier alpha value is -2.15. The molecular weight excluding hydrogens is 250 g/mol. The number of nitrogens with two attached hydrogens (primary N) is 1. The molecular formula is C11H13N5OS. The van der Waals surface area contributed by atoms with Crippen molar-refractivity contribution >= 4 is 28.2 Å². The van der Waals surface area contributed by atoms with E-state index in [4.69, 9.17) is 5.73 Å². The van der Waals surface area contributed by atoms with Gasteiger partial charge >= 0.3 is 0 Å². The number of carbonyl (C=O) groups excluding carboxylic acids is 1. The predicted molar refractivity (Wildman–Crippen MR) is 71.5 cm³/mol. The molecule has 0 spiro atoms. The second kappa shape index (κ2) is 5.46. The van der Waals surface area contributed by atoms with Crippen molar-refractivity contribution in [1.82, 2.24) is 15.3 Å². The molecule has 7 heteroatoms. The molecule has 0 fully saturated rings. The molecule has 2 rings (SSSR count). The average molecular weight is 263 g/mol. The molecule has 0 atom stereocenters. The van der Waals surface area contributed by atoms with E-state index >= 15 is 0 Å². The first kappa shape index (κ1) is 12.3. The Balaban J connectivity index is 2.01. The second-order valence-electron chi connectivity index (χ2n) is 3.49. The van der Waals surface area contributed by atoms with Gasteiger partial charge in [-0.3, -0.25) is 9.78 Å². The van der Waals surface area contributed by atoms with E-state index < -0.39 is 0 Å². The maximum Gasteiger partial charge on any atom is 0.265 e. The summed E-state index contributed by atoms with van der Waals surface area (Å²) >= 11 is 1.22. The van der Waals surface area contributed by atoms with Crippen molar-refractivity contribution in [2.24, 2.45) is 0 Å². The average Bonchev–Trinajstić information content (AvgIpc) is 2.78. The van der Waals surface area contributed by atoms with Crippen LogP contribution in [0.25, 0.3) is 0 Å².